The van der Waals surface area contributed by atoms with Crippen molar-refractivity contribution in [2.45, 2.75) is 18.8 Å². The summed E-state index contributed by atoms with van der Waals surface area (Å²) in [7, 11) is 0. The Kier molecular flexibility index (Phi) is 4.77. The van der Waals surface area contributed by atoms with E-state index in [9.17, 15) is 14.7 Å². The quantitative estimate of drug-likeness (QED) is 0.593. The molecular formula is C12H9NO4SZn. The van der Waals surface area contributed by atoms with Gasteiger partial charge in [0.15, 0.2) is 5.58 Å². The monoisotopic (exact) mass is 327 g/mol. The Morgan fingerprint density at radius 1 is 1.42 bits per heavy atom. The average molecular weight is 329 g/mol. The van der Waals surface area contributed by atoms with Crippen molar-refractivity contribution in [3.8, 4) is 0 Å². The van der Waals surface area contributed by atoms with Gasteiger partial charge in [0.05, 0.1) is 5.41 Å². The first-order valence-electron chi connectivity index (χ1n) is 5.21. The smallest absolute Gasteiger partial charge is 0.741 e. The van der Waals surface area contributed by atoms with Gasteiger partial charge in [0.25, 0.3) is 0 Å². The fourth-order valence-corrected chi connectivity index (χ4v) is 1.79. The van der Waals surface area contributed by atoms with Crippen molar-refractivity contribution < 1.29 is 38.6 Å². The first-order chi connectivity index (χ1) is 8.43. The standard InChI is InChI=1S/C12H11NO4S.Zn/c1-12(11(16)18,6-9(14)15)10-13-7-4-2-3-5-8(7)17-10;/h2-5H,6H2,1H3,(H,14,15)(H,16,18);/q;+2/p-2. The van der Waals surface area contributed by atoms with E-state index in [-0.39, 0.29) is 25.4 Å². The summed E-state index contributed by atoms with van der Waals surface area (Å²) in [5.74, 6) is -1.37. The Morgan fingerprint density at radius 3 is 2.58 bits per heavy atom. The van der Waals surface area contributed by atoms with E-state index in [4.69, 9.17) is 4.42 Å². The summed E-state index contributed by atoms with van der Waals surface area (Å²) >= 11 is 4.59. The molecule has 0 saturated heterocycles. The number of benzene rings is 1. The average Bonchev–Trinajstić information content (AvgIpc) is 2.71. The maximum atomic E-state index is 11.5. The molecule has 2 rings (SSSR count). The van der Waals surface area contributed by atoms with Crippen LogP contribution in [0.25, 0.3) is 11.1 Å². The molecule has 1 atom stereocenters. The number of carboxylic acid groups (broad SMARTS) is 1. The molecule has 19 heavy (non-hydrogen) atoms. The van der Waals surface area contributed by atoms with E-state index in [1.165, 1.54) is 6.92 Å². The van der Waals surface area contributed by atoms with Crippen molar-refractivity contribution in [2.24, 2.45) is 0 Å². The zero-order valence-corrected chi connectivity index (χ0v) is 14.0. The summed E-state index contributed by atoms with van der Waals surface area (Å²) in [6.45, 7) is 1.39. The van der Waals surface area contributed by atoms with Crippen LogP contribution >= 0.6 is 0 Å². The summed E-state index contributed by atoms with van der Waals surface area (Å²) < 4.78 is 5.41. The molecule has 0 radical (unpaired) electrons. The fourth-order valence-electron chi connectivity index (χ4n) is 1.63. The number of rotatable bonds is 4. The third-order valence-corrected chi connectivity index (χ3v) is 3.16. The molecule has 1 aromatic carbocycles. The fraction of sp³-hybridized carbons (Fsp3) is 0.250. The number of carboxylic acids is 1. The van der Waals surface area contributed by atoms with E-state index in [0.717, 1.165) is 0 Å². The third kappa shape index (κ3) is 2.99. The van der Waals surface area contributed by atoms with Crippen molar-refractivity contribution in [3.63, 3.8) is 0 Å². The molecule has 0 spiro atoms. The van der Waals surface area contributed by atoms with Crippen LogP contribution < -0.4 is 5.11 Å². The number of carbonyl (C=O) groups is 2. The second-order valence-electron chi connectivity index (χ2n) is 4.16. The number of carbonyl (C=O) groups excluding carboxylic acids is 2. The van der Waals surface area contributed by atoms with Gasteiger partial charge in [-0.25, -0.2) is 4.98 Å². The number of fused-ring (bicyclic) bond motifs is 1. The summed E-state index contributed by atoms with van der Waals surface area (Å²) in [6.07, 6.45) is -0.553. The van der Waals surface area contributed by atoms with Crippen LogP contribution in [-0.4, -0.2) is 16.1 Å². The number of hydrogen-bond acceptors (Lipinski definition) is 6. The van der Waals surface area contributed by atoms with Gasteiger partial charge in [0, 0.05) is 17.5 Å². The van der Waals surface area contributed by atoms with Gasteiger partial charge in [0.1, 0.15) is 5.52 Å². The molecule has 5 nitrogen and oxygen atoms in total. The van der Waals surface area contributed by atoms with Crippen molar-refractivity contribution in [1.29, 1.82) is 0 Å². The maximum absolute atomic E-state index is 11.5. The third-order valence-electron chi connectivity index (χ3n) is 2.71. The SMILES string of the molecule is CC(CC(=O)[O-])(C(=O)[S-])c1nc2ccccc2o1.[Zn+2]. The molecule has 0 saturated carbocycles. The summed E-state index contributed by atoms with van der Waals surface area (Å²) in [6, 6.07) is 6.90. The number of oxazole rings is 1. The van der Waals surface area contributed by atoms with Gasteiger partial charge in [-0.3, -0.25) is 0 Å². The summed E-state index contributed by atoms with van der Waals surface area (Å²) in [5, 5.41) is 9.99. The predicted octanol–water partition coefficient (Wildman–Crippen LogP) is 0.296. The second-order valence-corrected chi connectivity index (χ2v) is 4.53. The van der Waals surface area contributed by atoms with E-state index in [0.29, 0.717) is 11.1 Å². The Labute approximate surface area is 127 Å². The van der Waals surface area contributed by atoms with E-state index in [2.05, 4.69) is 17.6 Å². The van der Waals surface area contributed by atoms with Crippen LogP contribution in [0.3, 0.4) is 0 Å². The van der Waals surface area contributed by atoms with Crippen LogP contribution in [0.1, 0.15) is 19.2 Å². The number of aromatic nitrogens is 1. The molecular weight excluding hydrogens is 320 g/mol. The molecule has 7 heteroatoms. The van der Waals surface area contributed by atoms with E-state index in [1.54, 1.807) is 24.3 Å². The van der Waals surface area contributed by atoms with Gasteiger partial charge < -0.3 is 31.7 Å². The molecule has 1 aromatic heterocycles. The van der Waals surface area contributed by atoms with Crippen molar-refractivity contribution in [2.75, 3.05) is 0 Å². The van der Waals surface area contributed by atoms with Crippen LogP contribution in [0.4, 0.5) is 0 Å². The van der Waals surface area contributed by atoms with Gasteiger partial charge in [-0.05, 0) is 19.1 Å². The molecule has 0 N–H and O–H groups in total. The van der Waals surface area contributed by atoms with E-state index >= 15 is 0 Å². The van der Waals surface area contributed by atoms with Crippen molar-refractivity contribution >= 4 is 34.8 Å². The molecule has 0 aliphatic heterocycles. The predicted molar refractivity (Wildman–Crippen MR) is 63.4 cm³/mol. The van der Waals surface area contributed by atoms with Gasteiger partial charge in [-0.15, -0.1) is 0 Å². The Bertz CT molecular complexity index is 594. The first-order valence-corrected chi connectivity index (χ1v) is 5.61. The number of hydrogen-bond donors (Lipinski definition) is 0. The molecule has 1 unspecified atom stereocenters. The van der Waals surface area contributed by atoms with Gasteiger partial charge in [0.2, 0.25) is 5.89 Å². The minimum atomic E-state index is -1.48. The Morgan fingerprint density at radius 2 is 2.05 bits per heavy atom. The zero-order valence-electron chi connectivity index (χ0n) is 10.2. The number of nitrogens with zero attached hydrogens (tertiary/aromatic N) is 1. The summed E-state index contributed by atoms with van der Waals surface area (Å²) in [4.78, 5) is 26.3. The van der Waals surface area contributed by atoms with Crippen molar-refractivity contribution in [3.05, 3.63) is 30.2 Å². The topological polar surface area (TPSA) is 83.2 Å². The van der Waals surface area contributed by atoms with Crippen LogP contribution in [0.15, 0.2) is 28.7 Å². The molecule has 2 aromatic rings. The van der Waals surface area contributed by atoms with Gasteiger partial charge >= 0.3 is 19.5 Å². The molecule has 0 bridgehead atoms. The minimum Gasteiger partial charge on any atom is -0.741 e. The molecule has 94 valence electrons. The van der Waals surface area contributed by atoms with Crippen LogP contribution in [0.2, 0.25) is 0 Å². The maximum Gasteiger partial charge on any atom is 2.00 e. The first kappa shape index (κ1) is 15.7. The molecule has 0 fully saturated rings. The summed E-state index contributed by atoms with van der Waals surface area (Å²) in [5.41, 5.74) is -0.450. The van der Waals surface area contributed by atoms with Crippen LogP contribution in [0, 0.1) is 0 Å². The number of para-hydroxylation sites is 2. The van der Waals surface area contributed by atoms with Crippen molar-refractivity contribution in [1.82, 2.24) is 4.98 Å². The van der Waals surface area contributed by atoms with Gasteiger partial charge in [-0.1, -0.05) is 12.1 Å². The Balaban J connectivity index is 0.00000180. The molecule has 0 aliphatic rings. The Hall–Kier alpha value is -1.33. The second kappa shape index (κ2) is 5.76. The van der Waals surface area contributed by atoms with Crippen LogP contribution in [0.5, 0.6) is 0 Å². The molecule has 0 aliphatic carbocycles. The van der Waals surface area contributed by atoms with Crippen LogP contribution in [-0.2, 0) is 47.1 Å². The van der Waals surface area contributed by atoms with Gasteiger partial charge in [-0.2, -0.15) is 0 Å². The zero-order chi connectivity index (χ0) is 13.3. The minimum absolute atomic E-state index is 0. The molecule has 1 heterocycles. The largest absolute Gasteiger partial charge is 2.00 e. The van der Waals surface area contributed by atoms with E-state index in [1.807, 2.05) is 0 Å². The molecule has 0 amide bonds. The normalized spacial score (nSPS) is 13.5. The van der Waals surface area contributed by atoms with E-state index < -0.39 is 22.9 Å². The number of aliphatic carboxylic acids is 1.